The number of halogens is 2. The van der Waals surface area contributed by atoms with E-state index >= 15 is 0 Å². The van der Waals surface area contributed by atoms with E-state index in [9.17, 15) is 14.9 Å². The largest absolute Gasteiger partial charge is 0.321 e. The molecule has 0 saturated carbocycles. The summed E-state index contributed by atoms with van der Waals surface area (Å²) in [6.07, 6.45) is 0. The number of amides is 1. The molecule has 0 atom stereocenters. The van der Waals surface area contributed by atoms with Crippen LogP contribution in [0.25, 0.3) is 0 Å². The zero-order valence-corrected chi connectivity index (χ0v) is 16.7. The molecular formula is C20H14Cl2N2O3S. The van der Waals surface area contributed by atoms with Gasteiger partial charge < -0.3 is 5.32 Å². The zero-order chi connectivity index (χ0) is 20.1. The van der Waals surface area contributed by atoms with Gasteiger partial charge in [0, 0.05) is 27.3 Å². The Bertz CT molecular complexity index is 1030. The first-order valence-electron chi connectivity index (χ1n) is 8.15. The van der Waals surface area contributed by atoms with E-state index in [-0.39, 0.29) is 16.3 Å². The van der Waals surface area contributed by atoms with Crippen molar-refractivity contribution in [2.24, 2.45) is 0 Å². The molecule has 0 radical (unpaired) electrons. The van der Waals surface area contributed by atoms with Crippen molar-refractivity contribution in [3.05, 3.63) is 98.0 Å². The number of hydrogen-bond donors (Lipinski definition) is 1. The van der Waals surface area contributed by atoms with E-state index in [0.717, 1.165) is 10.5 Å². The smallest absolute Gasteiger partial charge is 0.288 e. The molecule has 142 valence electrons. The molecular weight excluding hydrogens is 419 g/mol. The Morgan fingerprint density at radius 2 is 1.75 bits per heavy atom. The van der Waals surface area contributed by atoms with Crippen molar-refractivity contribution in [1.29, 1.82) is 0 Å². The molecule has 0 fully saturated rings. The van der Waals surface area contributed by atoms with Crippen LogP contribution in [0.2, 0.25) is 10.0 Å². The molecule has 0 spiro atoms. The second-order valence-corrected chi connectivity index (χ2v) is 7.65. The number of benzene rings is 3. The Balaban J connectivity index is 1.75. The molecule has 0 unspecified atom stereocenters. The molecule has 0 aliphatic carbocycles. The summed E-state index contributed by atoms with van der Waals surface area (Å²) in [6.45, 7) is 0. The monoisotopic (exact) mass is 432 g/mol. The van der Waals surface area contributed by atoms with E-state index in [4.69, 9.17) is 23.2 Å². The summed E-state index contributed by atoms with van der Waals surface area (Å²) in [7, 11) is 0. The molecule has 8 heteroatoms. The maximum atomic E-state index is 12.6. The minimum atomic E-state index is -0.616. The number of nitro groups is 1. The van der Waals surface area contributed by atoms with Crippen molar-refractivity contribution in [1.82, 2.24) is 0 Å². The number of para-hydroxylation sites is 1. The Labute approximate surface area is 175 Å². The number of hydrogen-bond acceptors (Lipinski definition) is 4. The number of thioether (sulfide) groups is 1. The summed E-state index contributed by atoms with van der Waals surface area (Å²) in [6, 6.07) is 18.9. The lowest BCUT2D eigenvalue weighted by molar-refractivity contribution is -0.384. The van der Waals surface area contributed by atoms with Crippen LogP contribution in [0.15, 0.2) is 71.6 Å². The summed E-state index contributed by atoms with van der Waals surface area (Å²) >= 11 is 13.3. The highest BCUT2D eigenvalue weighted by molar-refractivity contribution is 7.98. The first-order chi connectivity index (χ1) is 13.4. The quantitative estimate of drug-likeness (QED) is 0.276. The molecule has 5 nitrogen and oxygen atoms in total. The Morgan fingerprint density at radius 1 is 1.04 bits per heavy atom. The molecule has 3 rings (SSSR count). The third kappa shape index (κ3) is 5.04. The first kappa shape index (κ1) is 20.2. The van der Waals surface area contributed by atoms with Gasteiger partial charge in [0.1, 0.15) is 5.02 Å². The van der Waals surface area contributed by atoms with Gasteiger partial charge in [-0.15, -0.1) is 11.8 Å². The average Bonchev–Trinajstić information content (AvgIpc) is 2.68. The molecule has 0 aromatic heterocycles. The van der Waals surface area contributed by atoms with E-state index in [1.54, 1.807) is 17.8 Å². The average molecular weight is 433 g/mol. The summed E-state index contributed by atoms with van der Waals surface area (Å²) in [5, 5.41) is 14.5. The van der Waals surface area contributed by atoms with Crippen molar-refractivity contribution >= 4 is 52.2 Å². The SMILES string of the molecule is O=C(Nc1ccccc1SCc1ccc(Cl)cc1)c1ccc(Cl)c([N+](=O)[O-])c1. The Kier molecular flexibility index (Phi) is 6.57. The van der Waals surface area contributed by atoms with Crippen LogP contribution in [0.3, 0.4) is 0 Å². The number of carbonyl (C=O) groups is 1. The number of nitrogens with one attached hydrogen (secondary N) is 1. The van der Waals surface area contributed by atoms with Gasteiger partial charge >= 0.3 is 0 Å². The number of carbonyl (C=O) groups excluding carboxylic acids is 1. The molecule has 0 aliphatic rings. The maximum absolute atomic E-state index is 12.6. The molecule has 0 saturated heterocycles. The van der Waals surface area contributed by atoms with Crippen LogP contribution in [0.4, 0.5) is 11.4 Å². The summed E-state index contributed by atoms with van der Waals surface area (Å²) in [4.78, 5) is 23.9. The Morgan fingerprint density at radius 3 is 2.46 bits per heavy atom. The van der Waals surface area contributed by atoms with E-state index in [1.807, 2.05) is 42.5 Å². The van der Waals surface area contributed by atoms with Crippen molar-refractivity contribution in [2.75, 3.05) is 5.32 Å². The highest BCUT2D eigenvalue weighted by Gasteiger charge is 2.17. The summed E-state index contributed by atoms with van der Waals surface area (Å²) in [5.41, 5.74) is 1.58. The van der Waals surface area contributed by atoms with E-state index < -0.39 is 10.8 Å². The van der Waals surface area contributed by atoms with Crippen LogP contribution in [0, 0.1) is 10.1 Å². The van der Waals surface area contributed by atoms with Gasteiger partial charge in [-0.05, 0) is 42.0 Å². The molecule has 1 amide bonds. The van der Waals surface area contributed by atoms with Crippen LogP contribution in [-0.4, -0.2) is 10.8 Å². The molecule has 0 bridgehead atoms. The van der Waals surface area contributed by atoms with Crippen LogP contribution in [0.1, 0.15) is 15.9 Å². The lowest BCUT2D eigenvalue weighted by atomic mass is 10.2. The summed E-state index contributed by atoms with van der Waals surface area (Å²) < 4.78 is 0. The van der Waals surface area contributed by atoms with Crippen LogP contribution in [0.5, 0.6) is 0 Å². The van der Waals surface area contributed by atoms with E-state index in [0.29, 0.717) is 16.5 Å². The summed E-state index contributed by atoms with van der Waals surface area (Å²) in [5.74, 6) is 0.260. The topological polar surface area (TPSA) is 72.2 Å². The fraction of sp³-hybridized carbons (Fsp3) is 0.0500. The molecule has 0 aliphatic heterocycles. The van der Waals surface area contributed by atoms with Crippen molar-refractivity contribution in [2.45, 2.75) is 10.6 Å². The molecule has 0 heterocycles. The first-order valence-corrected chi connectivity index (χ1v) is 9.90. The van der Waals surface area contributed by atoms with Gasteiger partial charge in [-0.3, -0.25) is 14.9 Å². The predicted octanol–water partition coefficient (Wildman–Crippen LogP) is 6.45. The maximum Gasteiger partial charge on any atom is 0.288 e. The van der Waals surface area contributed by atoms with Crippen molar-refractivity contribution in [3.63, 3.8) is 0 Å². The lowest BCUT2D eigenvalue weighted by Crippen LogP contribution is -2.12. The number of rotatable bonds is 6. The highest BCUT2D eigenvalue weighted by Crippen LogP contribution is 2.31. The highest BCUT2D eigenvalue weighted by atomic mass is 35.5. The van der Waals surface area contributed by atoms with Gasteiger partial charge in [0.2, 0.25) is 0 Å². The standard InChI is InChI=1S/C20H14Cl2N2O3S/c21-15-8-5-13(6-9-15)12-28-19-4-2-1-3-17(19)23-20(25)14-7-10-16(22)18(11-14)24(26)27/h1-11H,12H2,(H,23,25). The third-order valence-corrected chi connectivity index (χ3v) is 5.56. The van der Waals surface area contributed by atoms with E-state index in [1.165, 1.54) is 18.2 Å². The van der Waals surface area contributed by atoms with Gasteiger partial charge in [-0.25, -0.2) is 0 Å². The van der Waals surface area contributed by atoms with E-state index in [2.05, 4.69) is 5.32 Å². The fourth-order valence-electron chi connectivity index (χ4n) is 2.43. The van der Waals surface area contributed by atoms with Crippen molar-refractivity contribution in [3.8, 4) is 0 Å². The predicted molar refractivity (Wildman–Crippen MR) is 114 cm³/mol. The number of nitro benzene ring substituents is 1. The zero-order valence-electron chi connectivity index (χ0n) is 14.4. The van der Waals surface area contributed by atoms with Crippen LogP contribution >= 0.6 is 35.0 Å². The third-order valence-electron chi connectivity index (χ3n) is 3.85. The van der Waals surface area contributed by atoms with Gasteiger partial charge in [0.25, 0.3) is 11.6 Å². The van der Waals surface area contributed by atoms with Gasteiger partial charge in [0.05, 0.1) is 10.6 Å². The number of nitrogens with zero attached hydrogens (tertiary/aromatic N) is 1. The lowest BCUT2D eigenvalue weighted by Gasteiger charge is -2.11. The Hall–Kier alpha value is -2.54. The molecule has 1 N–H and O–H groups in total. The molecule has 28 heavy (non-hydrogen) atoms. The molecule has 3 aromatic carbocycles. The second kappa shape index (κ2) is 9.10. The van der Waals surface area contributed by atoms with Gasteiger partial charge in [0.15, 0.2) is 0 Å². The fourth-order valence-corrected chi connectivity index (χ4v) is 3.70. The minimum Gasteiger partial charge on any atom is -0.321 e. The van der Waals surface area contributed by atoms with Gasteiger partial charge in [-0.1, -0.05) is 47.5 Å². The van der Waals surface area contributed by atoms with Crippen LogP contribution in [-0.2, 0) is 5.75 Å². The van der Waals surface area contributed by atoms with Crippen LogP contribution < -0.4 is 5.32 Å². The van der Waals surface area contributed by atoms with Crippen molar-refractivity contribution < 1.29 is 9.72 Å². The number of anilines is 1. The molecule has 3 aromatic rings. The minimum absolute atomic E-state index is 0.0135. The normalized spacial score (nSPS) is 10.5. The second-order valence-electron chi connectivity index (χ2n) is 5.79. The van der Waals surface area contributed by atoms with Gasteiger partial charge in [-0.2, -0.15) is 0 Å².